The van der Waals surface area contributed by atoms with E-state index in [1.54, 1.807) is 12.1 Å². The van der Waals surface area contributed by atoms with Gasteiger partial charge in [0, 0.05) is 24.2 Å². The number of hydrogen-bond acceptors (Lipinski definition) is 3. The van der Waals surface area contributed by atoms with Crippen LogP contribution in [-0.2, 0) is 5.41 Å². The molecule has 0 radical (unpaired) electrons. The minimum atomic E-state index is -0.901. The minimum Gasteiger partial charge on any atom is -0.478 e. The van der Waals surface area contributed by atoms with Crippen LogP contribution in [0, 0.1) is 0 Å². The molecule has 0 aromatic carbocycles. The number of nitrogens with zero attached hydrogens (tertiary/aromatic N) is 2. The van der Waals surface area contributed by atoms with Crippen molar-refractivity contribution in [2.75, 3.05) is 18.0 Å². The van der Waals surface area contributed by atoms with Crippen LogP contribution in [0.15, 0.2) is 24.3 Å². The van der Waals surface area contributed by atoms with Crippen LogP contribution < -0.4 is 4.90 Å². The first-order chi connectivity index (χ1) is 8.88. The SMILES string of the molecule is CC(C)(C)c1cc(C(=O)O)cc(N2CC=CCC2)n1. The summed E-state index contributed by atoms with van der Waals surface area (Å²) in [5.74, 6) is -0.143. The van der Waals surface area contributed by atoms with Crippen molar-refractivity contribution < 1.29 is 9.90 Å². The normalized spacial score (nSPS) is 15.6. The second-order valence-electron chi connectivity index (χ2n) is 5.86. The molecule has 0 fully saturated rings. The Morgan fingerprint density at radius 1 is 1.32 bits per heavy atom. The third-order valence-electron chi connectivity index (χ3n) is 3.21. The number of carbonyl (C=O) groups is 1. The number of carboxylic acid groups (broad SMARTS) is 1. The van der Waals surface area contributed by atoms with Crippen molar-refractivity contribution in [3.63, 3.8) is 0 Å². The molecule has 4 nitrogen and oxygen atoms in total. The molecule has 0 unspecified atom stereocenters. The molecule has 0 saturated heterocycles. The van der Waals surface area contributed by atoms with Crippen molar-refractivity contribution in [2.45, 2.75) is 32.6 Å². The molecule has 2 heterocycles. The molecule has 0 saturated carbocycles. The van der Waals surface area contributed by atoms with Crippen molar-refractivity contribution in [2.24, 2.45) is 0 Å². The Morgan fingerprint density at radius 3 is 2.58 bits per heavy atom. The highest BCUT2D eigenvalue weighted by Gasteiger charge is 2.21. The highest BCUT2D eigenvalue weighted by molar-refractivity contribution is 5.88. The molecule has 1 aromatic heterocycles. The maximum Gasteiger partial charge on any atom is 0.335 e. The fourth-order valence-corrected chi connectivity index (χ4v) is 2.04. The Morgan fingerprint density at radius 2 is 2.05 bits per heavy atom. The first-order valence-electron chi connectivity index (χ1n) is 6.54. The lowest BCUT2D eigenvalue weighted by Crippen LogP contribution is -2.29. The van der Waals surface area contributed by atoms with Gasteiger partial charge in [-0.3, -0.25) is 0 Å². The summed E-state index contributed by atoms with van der Waals surface area (Å²) >= 11 is 0. The van der Waals surface area contributed by atoms with Crippen LogP contribution in [0.25, 0.3) is 0 Å². The van der Waals surface area contributed by atoms with Crippen molar-refractivity contribution in [3.05, 3.63) is 35.5 Å². The summed E-state index contributed by atoms with van der Waals surface area (Å²) in [4.78, 5) is 18.0. The summed E-state index contributed by atoms with van der Waals surface area (Å²) < 4.78 is 0. The van der Waals surface area contributed by atoms with E-state index in [-0.39, 0.29) is 5.41 Å². The molecule has 0 bridgehead atoms. The van der Waals surface area contributed by atoms with Crippen LogP contribution in [0.2, 0.25) is 0 Å². The molecule has 2 rings (SSSR count). The smallest absolute Gasteiger partial charge is 0.335 e. The predicted molar refractivity (Wildman–Crippen MR) is 75.9 cm³/mol. The second-order valence-corrected chi connectivity index (χ2v) is 5.86. The first kappa shape index (κ1) is 13.6. The van der Waals surface area contributed by atoms with E-state index in [0.717, 1.165) is 31.0 Å². The summed E-state index contributed by atoms with van der Waals surface area (Å²) in [5, 5.41) is 9.24. The van der Waals surface area contributed by atoms with Crippen molar-refractivity contribution >= 4 is 11.8 Å². The highest BCUT2D eigenvalue weighted by Crippen LogP contribution is 2.25. The zero-order valence-electron chi connectivity index (χ0n) is 11.7. The van der Waals surface area contributed by atoms with Crippen molar-refractivity contribution in [1.82, 2.24) is 4.98 Å². The Bertz CT molecular complexity index is 515. The molecule has 102 valence electrons. The predicted octanol–water partition coefficient (Wildman–Crippen LogP) is 2.84. The molecule has 0 atom stereocenters. The number of anilines is 1. The Hall–Kier alpha value is -1.84. The average molecular weight is 260 g/mol. The molecule has 1 aliphatic heterocycles. The summed E-state index contributed by atoms with van der Waals surface area (Å²) in [6, 6.07) is 3.34. The van der Waals surface area contributed by atoms with Gasteiger partial charge in [0.15, 0.2) is 0 Å². The lowest BCUT2D eigenvalue weighted by molar-refractivity contribution is 0.0696. The van der Waals surface area contributed by atoms with Crippen molar-refractivity contribution in [1.29, 1.82) is 0 Å². The summed E-state index contributed by atoms with van der Waals surface area (Å²) in [5.41, 5.74) is 0.965. The number of carboxylic acids is 1. The van der Waals surface area contributed by atoms with Crippen LogP contribution >= 0.6 is 0 Å². The van der Waals surface area contributed by atoms with Gasteiger partial charge in [0.05, 0.1) is 5.56 Å². The lowest BCUT2D eigenvalue weighted by Gasteiger charge is -2.27. The minimum absolute atomic E-state index is 0.161. The van der Waals surface area contributed by atoms with Crippen LogP contribution in [0.3, 0.4) is 0 Å². The van der Waals surface area contributed by atoms with Gasteiger partial charge in [-0.1, -0.05) is 32.9 Å². The molecule has 0 aliphatic carbocycles. The fraction of sp³-hybridized carbons (Fsp3) is 0.467. The van der Waals surface area contributed by atoms with Gasteiger partial charge in [0.2, 0.25) is 0 Å². The molecule has 19 heavy (non-hydrogen) atoms. The topological polar surface area (TPSA) is 53.4 Å². The summed E-state index contributed by atoms with van der Waals surface area (Å²) in [7, 11) is 0. The number of aromatic nitrogens is 1. The number of hydrogen-bond donors (Lipinski definition) is 1. The van der Waals surface area contributed by atoms with Gasteiger partial charge in [0.1, 0.15) is 5.82 Å². The number of rotatable bonds is 2. The van der Waals surface area contributed by atoms with Crippen LogP contribution in [0.1, 0.15) is 43.2 Å². The molecule has 4 heteroatoms. The van der Waals surface area contributed by atoms with Gasteiger partial charge in [-0.05, 0) is 18.6 Å². The average Bonchev–Trinajstić information content (AvgIpc) is 2.38. The van der Waals surface area contributed by atoms with E-state index in [0.29, 0.717) is 5.56 Å². The molecule has 1 aromatic rings. The fourth-order valence-electron chi connectivity index (χ4n) is 2.04. The lowest BCUT2D eigenvalue weighted by atomic mass is 9.90. The van der Waals surface area contributed by atoms with Gasteiger partial charge in [-0.2, -0.15) is 0 Å². The highest BCUT2D eigenvalue weighted by atomic mass is 16.4. The zero-order valence-corrected chi connectivity index (χ0v) is 11.7. The van der Waals surface area contributed by atoms with Crippen LogP contribution in [-0.4, -0.2) is 29.1 Å². The molecule has 1 N–H and O–H groups in total. The van der Waals surface area contributed by atoms with E-state index in [1.807, 2.05) is 20.8 Å². The summed E-state index contributed by atoms with van der Waals surface area (Å²) in [6.45, 7) is 7.80. The first-order valence-corrected chi connectivity index (χ1v) is 6.54. The maximum absolute atomic E-state index is 11.3. The number of aromatic carboxylic acids is 1. The van der Waals surface area contributed by atoms with E-state index >= 15 is 0 Å². The Kier molecular flexibility index (Phi) is 3.60. The van der Waals surface area contributed by atoms with Gasteiger partial charge in [0.25, 0.3) is 0 Å². The van der Waals surface area contributed by atoms with Gasteiger partial charge in [-0.25, -0.2) is 9.78 Å². The zero-order chi connectivity index (χ0) is 14.0. The van der Waals surface area contributed by atoms with E-state index in [2.05, 4.69) is 22.0 Å². The maximum atomic E-state index is 11.3. The van der Waals surface area contributed by atoms with Gasteiger partial charge in [-0.15, -0.1) is 0 Å². The quantitative estimate of drug-likeness (QED) is 0.831. The van der Waals surface area contributed by atoms with E-state index in [9.17, 15) is 9.90 Å². The third kappa shape index (κ3) is 3.13. The standard InChI is InChI=1S/C15H20N2O2/c1-15(2,3)12-9-11(14(18)19)10-13(16-12)17-7-5-4-6-8-17/h4-5,9-10H,6-8H2,1-3H3,(H,18,19). The van der Waals surface area contributed by atoms with Crippen molar-refractivity contribution in [3.8, 4) is 0 Å². The van der Waals surface area contributed by atoms with E-state index in [4.69, 9.17) is 0 Å². The molecular weight excluding hydrogens is 240 g/mol. The largest absolute Gasteiger partial charge is 0.478 e. The summed E-state index contributed by atoms with van der Waals surface area (Å²) in [6.07, 6.45) is 5.21. The Balaban J connectivity index is 2.45. The van der Waals surface area contributed by atoms with Gasteiger partial charge >= 0.3 is 5.97 Å². The third-order valence-corrected chi connectivity index (χ3v) is 3.21. The molecular formula is C15H20N2O2. The second kappa shape index (κ2) is 5.03. The van der Waals surface area contributed by atoms with Crippen LogP contribution in [0.4, 0.5) is 5.82 Å². The van der Waals surface area contributed by atoms with Crippen LogP contribution in [0.5, 0.6) is 0 Å². The monoisotopic (exact) mass is 260 g/mol. The van der Waals surface area contributed by atoms with E-state index in [1.165, 1.54) is 0 Å². The van der Waals surface area contributed by atoms with E-state index < -0.39 is 5.97 Å². The number of pyridine rings is 1. The Labute approximate surface area is 113 Å². The molecule has 1 aliphatic rings. The molecule has 0 amide bonds. The molecule has 0 spiro atoms. The van der Waals surface area contributed by atoms with Gasteiger partial charge < -0.3 is 10.0 Å².